The van der Waals surface area contributed by atoms with Gasteiger partial charge in [0.15, 0.2) is 0 Å². The van der Waals surface area contributed by atoms with Gasteiger partial charge in [0.2, 0.25) is 0 Å². The molecule has 0 heterocycles. The quantitative estimate of drug-likeness (QED) is 0.621. The molecular weight excluding hydrogens is 168 g/mol. The second-order valence-corrected chi connectivity index (χ2v) is 4.37. The zero-order valence-corrected chi connectivity index (χ0v) is 7.95. The maximum Gasteiger partial charge on any atom is 0.309 e. The molecule has 3 heteroatoms. The van der Waals surface area contributed by atoms with Crippen LogP contribution in [0.15, 0.2) is 0 Å². The van der Waals surface area contributed by atoms with Crippen LogP contribution in [0.1, 0.15) is 32.1 Å². The van der Waals surface area contributed by atoms with E-state index in [0.29, 0.717) is 0 Å². The number of esters is 1. The highest BCUT2D eigenvalue weighted by molar-refractivity contribution is 5.76. The summed E-state index contributed by atoms with van der Waals surface area (Å²) in [5.74, 6) is 0.0707. The first kappa shape index (κ1) is 9.00. The number of ether oxygens (including phenoxy) is 1. The fourth-order valence-corrected chi connectivity index (χ4v) is 2.55. The third-order valence-electron chi connectivity index (χ3n) is 3.63. The summed E-state index contributed by atoms with van der Waals surface area (Å²) in [6.07, 6.45) is 4.54. The number of carbonyl (C=O) groups is 1. The second kappa shape index (κ2) is 2.98. The lowest BCUT2D eigenvalue weighted by Crippen LogP contribution is -2.22. The number of hydrogen-bond acceptors (Lipinski definition) is 3. The summed E-state index contributed by atoms with van der Waals surface area (Å²) in [4.78, 5) is 11.2. The summed E-state index contributed by atoms with van der Waals surface area (Å²) < 4.78 is 4.73. The summed E-state index contributed by atoms with van der Waals surface area (Å²) >= 11 is 0. The highest BCUT2D eigenvalue weighted by Crippen LogP contribution is 2.61. The van der Waals surface area contributed by atoms with E-state index in [1.54, 1.807) is 0 Å². The van der Waals surface area contributed by atoms with Gasteiger partial charge in [-0.1, -0.05) is 0 Å². The zero-order valence-electron chi connectivity index (χ0n) is 7.95. The molecule has 0 aromatic carbocycles. The molecule has 2 aliphatic rings. The maximum absolute atomic E-state index is 11.2. The maximum atomic E-state index is 11.2. The molecule has 0 aromatic heterocycles. The van der Waals surface area contributed by atoms with Gasteiger partial charge in [-0.05, 0) is 37.5 Å². The van der Waals surface area contributed by atoms with Crippen molar-refractivity contribution in [1.29, 1.82) is 0 Å². The number of aliphatic hydroxyl groups excluding tert-OH is 1. The Morgan fingerprint density at radius 2 is 2.08 bits per heavy atom. The van der Waals surface area contributed by atoms with Gasteiger partial charge in [-0.15, -0.1) is 0 Å². The van der Waals surface area contributed by atoms with E-state index in [9.17, 15) is 9.90 Å². The van der Waals surface area contributed by atoms with Crippen LogP contribution in [0.25, 0.3) is 0 Å². The van der Waals surface area contributed by atoms with E-state index in [1.807, 2.05) is 0 Å². The fourth-order valence-electron chi connectivity index (χ4n) is 2.55. The molecule has 2 rings (SSSR count). The minimum absolute atomic E-state index is 0.0589. The van der Waals surface area contributed by atoms with Crippen LogP contribution in [0.3, 0.4) is 0 Å². The molecule has 0 aliphatic heterocycles. The van der Waals surface area contributed by atoms with Gasteiger partial charge in [0.25, 0.3) is 0 Å². The standard InChI is InChI=1S/C10H16O3/c1-13-9(12)8-6-10(8)4-2-7(11)3-5-10/h7-8,11H,2-6H2,1H3. The van der Waals surface area contributed by atoms with Crippen LogP contribution in [0.2, 0.25) is 0 Å². The van der Waals surface area contributed by atoms with Crippen LogP contribution < -0.4 is 0 Å². The van der Waals surface area contributed by atoms with E-state index in [1.165, 1.54) is 7.11 Å². The number of rotatable bonds is 1. The SMILES string of the molecule is COC(=O)C1CC12CCC(O)CC2. The molecule has 2 fully saturated rings. The number of hydrogen-bond donors (Lipinski definition) is 1. The molecule has 0 saturated heterocycles. The largest absolute Gasteiger partial charge is 0.469 e. The average molecular weight is 184 g/mol. The predicted molar refractivity (Wildman–Crippen MR) is 47.0 cm³/mol. The summed E-state index contributed by atoms with van der Waals surface area (Å²) in [5.41, 5.74) is 0.215. The monoisotopic (exact) mass is 184 g/mol. The lowest BCUT2D eigenvalue weighted by Gasteiger charge is -2.25. The summed E-state index contributed by atoms with van der Waals surface area (Å²) in [7, 11) is 1.45. The van der Waals surface area contributed by atoms with Crippen LogP contribution in [0, 0.1) is 11.3 Å². The third-order valence-corrected chi connectivity index (χ3v) is 3.63. The summed E-state index contributed by atoms with van der Waals surface area (Å²) in [6.45, 7) is 0. The zero-order chi connectivity index (χ0) is 9.47. The Morgan fingerprint density at radius 3 is 2.62 bits per heavy atom. The van der Waals surface area contributed by atoms with Crippen molar-refractivity contribution >= 4 is 5.97 Å². The summed E-state index contributed by atoms with van der Waals surface area (Å²) in [6, 6.07) is 0. The number of carbonyl (C=O) groups excluding carboxylic acids is 1. The van der Waals surface area contributed by atoms with Crippen LogP contribution in [-0.4, -0.2) is 24.3 Å². The van der Waals surface area contributed by atoms with Gasteiger partial charge in [0.05, 0.1) is 19.1 Å². The molecule has 13 heavy (non-hydrogen) atoms. The first-order chi connectivity index (χ1) is 6.18. The van der Waals surface area contributed by atoms with Crippen molar-refractivity contribution in [2.75, 3.05) is 7.11 Å². The number of methoxy groups -OCH3 is 1. The minimum atomic E-state index is -0.135. The molecule has 74 valence electrons. The number of aliphatic hydroxyl groups is 1. The van der Waals surface area contributed by atoms with Crippen molar-refractivity contribution in [2.45, 2.75) is 38.2 Å². The van der Waals surface area contributed by atoms with E-state index in [4.69, 9.17) is 4.74 Å². The van der Waals surface area contributed by atoms with Gasteiger partial charge in [-0.2, -0.15) is 0 Å². The van der Waals surface area contributed by atoms with Crippen LogP contribution in [0.4, 0.5) is 0 Å². The first-order valence-electron chi connectivity index (χ1n) is 4.94. The highest BCUT2D eigenvalue weighted by atomic mass is 16.5. The third kappa shape index (κ3) is 1.46. The molecule has 1 atom stereocenters. The van der Waals surface area contributed by atoms with E-state index < -0.39 is 0 Å². The van der Waals surface area contributed by atoms with Crippen LogP contribution in [0.5, 0.6) is 0 Å². The minimum Gasteiger partial charge on any atom is -0.469 e. The van der Waals surface area contributed by atoms with Gasteiger partial charge >= 0.3 is 5.97 Å². The van der Waals surface area contributed by atoms with Crippen molar-refractivity contribution in [3.8, 4) is 0 Å². The Bertz CT molecular complexity index is 216. The topological polar surface area (TPSA) is 46.5 Å². The molecule has 2 aliphatic carbocycles. The molecule has 2 saturated carbocycles. The Balaban J connectivity index is 1.92. The van der Waals surface area contributed by atoms with Gasteiger partial charge < -0.3 is 9.84 Å². The average Bonchev–Trinajstić information content (AvgIpc) is 2.85. The smallest absolute Gasteiger partial charge is 0.309 e. The van der Waals surface area contributed by atoms with Crippen molar-refractivity contribution in [3.05, 3.63) is 0 Å². The highest BCUT2D eigenvalue weighted by Gasteiger charge is 2.59. The Kier molecular flexibility index (Phi) is 2.06. The van der Waals surface area contributed by atoms with E-state index in [0.717, 1.165) is 32.1 Å². The molecule has 0 radical (unpaired) electrons. The lowest BCUT2D eigenvalue weighted by atomic mass is 9.83. The van der Waals surface area contributed by atoms with E-state index in [2.05, 4.69) is 0 Å². The van der Waals surface area contributed by atoms with Gasteiger partial charge in [0.1, 0.15) is 0 Å². The van der Waals surface area contributed by atoms with Crippen LogP contribution in [-0.2, 0) is 9.53 Å². The Morgan fingerprint density at radius 1 is 1.46 bits per heavy atom. The van der Waals surface area contributed by atoms with Gasteiger partial charge in [-0.3, -0.25) is 4.79 Å². The molecule has 3 nitrogen and oxygen atoms in total. The molecule has 0 aromatic rings. The van der Waals surface area contributed by atoms with Crippen molar-refractivity contribution in [1.82, 2.24) is 0 Å². The molecule has 0 bridgehead atoms. The van der Waals surface area contributed by atoms with Crippen molar-refractivity contribution < 1.29 is 14.6 Å². The van der Waals surface area contributed by atoms with Crippen LogP contribution >= 0.6 is 0 Å². The molecule has 1 spiro atoms. The first-order valence-corrected chi connectivity index (χ1v) is 4.94. The normalized spacial score (nSPS) is 43.2. The molecule has 1 N–H and O–H groups in total. The molecule has 1 unspecified atom stereocenters. The van der Waals surface area contributed by atoms with Gasteiger partial charge in [-0.25, -0.2) is 0 Å². The van der Waals surface area contributed by atoms with Crippen molar-refractivity contribution in [3.63, 3.8) is 0 Å². The van der Waals surface area contributed by atoms with E-state index in [-0.39, 0.29) is 23.4 Å². The summed E-state index contributed by atoms with van der Waals surface area (Å²) in [5, 5.41) is 9.34. The van der Waals surface area contributed by atoms with Gasteiger partial charge in [0, 0.05) is 0 Å². The molecule has 0 amide bonds. The fraction of sp³-hybridized carbons (Fsp3) is 0.900. The molecular formula is C10H16O3. The second-order valence-electron chi connectivity index (χ2n) is 4.37. The Hall–Kier alpha value is -0.570. The Labute approximate surface area is 78.1 Å². The van der Waals surface area contributed by atoms with Crippen molar-refractivity contribution in [2.24, 2.45) is 11.3 Å². The van der Waals surface area contributed by atoms with E-state index >= 15 is 0 Å². The lowest BCUT2D eigenvalue weighted by molar-refractivity contribution is -0.143. The predicted octanol–water partition coefficient (Wildman–Crippen LogP) is 1.10.